The van der Waals surface area contributed by atoms with E-state index in [-0.39, 0.29) is 12.1 Å². The van der Waals surface area contributed by atoms with Gasteiger partial charge >= 0.3 is 6.18 Å². The van der Waals surface area contributed by atoms with Crippen LogP contribution in [-0.4, -0.2) is 16.3 Å². The maximum atomic E-state index is 12.8. The van der Waals surface area contributed by atoms with Crippen LogP contribution in [0.5, 0.6) is 0 Å². The Morgan fingerprint density at radius 3 is 2.71 bits per heavy atom. The summed E-state index contributed by atoms with van der Waals surface area (Å²) >= 11 is 0. The summed E-state index contributed by atoms with van der Waals surface area (Å²) in [7, 11) is 0. The number of hydrogen-bond donors (Lipinski definition) is 1. The minimum atomic E-state index is -4.43. The molecule has 0 aliphatic heterocycles. The molecule has 0 atom stereocenters. The number of carbonyl (C=O) groups is 1. The van der Waals surface area contributed by atoms with Crippen LogP contribution in [-0.2, 0) is 12.7 Å². The van der Waals surface area contributed by atoms with E-state index < -0.39 is 11.7 Å². The molecule has 0 fully saturated rings. The van der Waals surface area contributed by atoms with Gasteiger partial charge in [-0.25, -0.2) is 4.98 Å². The van der Waals surface area contributed by atoms with Crippen LogP contribution in [0.3, 0.4) is 0 Å². The van der Waals surface area contributed by atoms with Gasteiger partial charge < -0.3 is 5.32 Å². The number of nitrogens with one attached hydrogen (secondary N) is 1. The Balaban J connectivity index is 2.19. The molecular weight excluding hydrogens is 283 g/mol. The van der Waals surface area contributed by atoms with Crippen molar-refractivity contribution in [2.75, 3.05) is 5.32 Å². The van der Waals surface area contributed by atoms with Crippen molar-refractivity contribution >= 4 is 12.1 Å². The van der Waals surface area contributed by atoms with Crippen LogP contribution in [0.15, 0.2) is 30.7 Å². The van der Waals surface area contributed by atoms with Gasteiger partial charge in [0.1, 0.15) is 5.82 Å². The van der Waals surface area contributed by atoms with Gasteiger partial charge in [0.25, 0.3) is 0 Å². The number of pyridine rings is 2. The number of nitrogens with zero attached hydrogens (tertiary/aromatic N) is 2. The number of aldehydes is 1. The van der Waals surface area contributed by atoms with Crippen LogP contribution in [0.1, 0.15) is 27.0 Å². The summed E-state index contributed by atoms with van der Waals surface area (Å²) in [5, 5.41) is 2.83. The molecule has 1 N–H and O–H groups in total. The third-order valence-corrected chi connectivity index (χ3v) is 2.89. The molecule has 0 aliphatic rings. The van der Waals surface area contributed by atoms with Crippen molar-refractivity contribution < 1.29 is 18.0 Å². The lowest BCUT2D eigenvalue weighted by Crippen LogP contribution is -2.13. The summed E-state index contributed by atoms with van der Waals surface area (Å²) < 4.78 is 38.5. The summed E-state index contributed by atoms with van der Waals surface area (Å²) in [5.74, 6) is 0.428. The van der Waals surface area contributed by atoms with Crippen LogP contribution >= 0.6 is 0 Å². The predicted octanol–water partition coefficient (Wildman–Crippen LogP) is 3.23. The molecule has 2 heterocycles. The van der Waals surface area contributed by atoms with E-state index in [2.05, 4.69) is 15.3 Å². The van der Waals surface area contributed by atoms with Gasteiger partial charge in [-0.15, -0.1) is 0 Å². The molecule has 0 amide bonds. The fourth-order valence-electron chi connectivity index (χ4n) is 1.87. The predicted molar refractivity (Wildman–Crippen MR) is 70.9 cm³/mol. The van der Waals surface area contributed by atoms with Gasteiger partial charge in [0.15, 0.2) is 6.29 Å². The van der Waals surface area contributed by atoms with Crippen LogP contribution in [0.2, 0.25) is 0 Å². The number of aromatic nitrogens is 2. The molecule has 0 radical (unpaired) electrons. The lowest BCUT2D eigenvalue weighted by molar-refractivity contribution is -0.138. The van der Waals surface area contributed by atoms with Gasteiger partial charge in [0, 0.05) is 36.3 Å². The highest BCUT2D eigenvalue weighted by Crippen LogP contribution is 2.31. The van der Waals surface area contributed by atoms with Gasteiger partial charge in [-0.3, -0.25) is 9.78 Å². The molecule has 0 unspecified atom stereocenters. The van der Waals surface area contributed by atoms with Crippen molar-refractivity contribution in [3.63, 3.8) is 0 Å². The number of alkyl halides is 3. The standard InChI is InChI=1S/C14H12F3N3O/c1-9-4-10(8-21)5-19-13(9)20-7-11-6-18-3-2-12(11)14(15,16)17/h2-6,8H,7H2,1H3,(H,19,20). The molecular formula is C14H12F3N3O. The second-order valence-corrected chi connectivity index (χ2v) is 4.44. The van der Waals surface area contributed by atoms with Crippen molar-refractivity contribution in [1.82, 2.24) is 9.97 Å². The molecule has 0 bridgehead atoms. The second-order valence-electron chi connectivity index (χ2n) is 4.44. The molecule has 4 nitrogen and oxygen atoms in total. The maximum Gasteiger partial charge on any atom is 0.416 e. The first-order valence-electron chi connectivity index (χ1n) is 6.07. The zero-order chi connectivity index (χ0) is 15.5. The average molecular weight is 295 g/mol. The first kappa shape index (κ1) is 15.0. The summed E-state index contributed by atoms with van der Waals surface area (Å²) in [4.78, 5) is 18.3. The first-order valence-corrected chi connectivity index (χ1v) is 6.07. The zero-order valence-electron chi connectivity index (χ0n) is 11.1. The molecule has 0 saturated carbocycles. The molecule has 0 spiro atoms. The summed E-state index contributed by atoms with van der Waals surface area (Å²) in [6, 6.07) is 2.54. The lowest BCUT2D eigenvalue weighted by Gasteiger charge is -2.14. The van der Waals surface area contributed by atoms with Gasteiger partial charge in [-0.2, -0.15) is 13.2 Å². The second kappa shape index (κ2) is 5.90. The van der Waals surface area contributed by atoms with Gasteiger partial charge in [0.2, 0.25) is 0 Å². The number of anilines is 1. The Kier molecular flexibility index (Phi) is 4.21. The summed E-state index contributed by atoms with van der Waals surface area (Å²) in [6.45, 7) is 1.66. The largest absolute Gasteiger partial charge is 0.416 e. The number of hydrogen-bond acceptors (Lipinski definition) is 4. The van der Waals surface area contributed by atoms with E-state index in [9.17, 15) is 18.0 Å². The lowest BCUT2D eigenvalue weighted by atomic mass is 10.1. The van der Waals surface area contributed by atoms with Crippen molar-refractivity contribution in [2.45, 2.75) is 19.6 Å². The summed E-state index contributed by atoms with van der Waals surface area (Å²) in [5.41, 5.74) is 0.394. The molecule has 2 aromatic heterocycles. The fraction of sp³-hybridized carbons (Fsp3) is 0.214. The monoisotopic (exact) mass is 295 g/mol. The third kappa shape index (κ3) is 3.56. The third-order valence-electron chi connectivity index (χ3n) is 2.89. The molecule has 21 heavy (non-hydrogen) atoms. The summed E-state index contributed by atoms with van der Waals surface area (Å²) in [6.07, 6.45) is -0.133. The minimum absolute atomic E-state index is 0.0330. The van der Waals surface area contributed by atoms with E-state index in [1.54, 1.807) is 13.0 Å². The van der Waals surface area contributed by atoms with E-state index in [1.165, 1.54) is 12.4 Å². The molecule has 7 heteroatoms. The van der Waals surface area contributed by atoms with Crippen molar-refractivity contribution in [3.05, 3.63) is 53.0 Å². The van der Waals surface area contributed by atoms with Crippen LogP contribution in [0, 0.1) is 6.92 Å². The number of rotatable bonds is 4. The van der Waals surface area contributed by atoms with Gasteiger partial charge in [-0.1, -0.05) is 0 Å². The van der Waals surface area contributed by atoms with Gasteiger partial charge in [-0.05, 0) is 24.6 Å². The molecule has 0 aromatic carbocycles. The Hall–Kier alpha value is -2.44. The number of aryl methyl sites for hydroxylation is 1. The zero-order valence-corrected chi connectivity index (χ0v) is 11.1. The smallest absolute Gasteiger partial charge is 0.366 e. The molecule has 0 aliphatic carbocycles. The van der Waals surface area contributed by atoms with Crippen LogP contribution in [0.25, 0.3) is 0 Å². The molecule has 2 aromatic rings. The van der Waals surface area contributed by atoms with Crippen LogP contribution < -0.4 is 5.32 Å². The van der Waals surface area contributed by atoms with E-state index in [1.807, 2.05) is 0 Å². The molecule has 0 saturated heterocycles. The highest BCUT2D eigenvalue weighted by Gasteiger charge is 2.33. The number of halogens is 3. The number of carbonyl (C=O) groups excluding carboxylic acids is 1. The maximum absolute atomic E-state index is 12.8. The molecule has 2 rings (SSSR count). The van der Waals surface area contributed by atoms with E-state index in [0.29, 0.717) is 23.2 Å². The fourth-order valence-corrected chi connectivity index (χ4v) is 1.87. The quantitative estimate of drug-likeness (QED) is 0.880. The van der Waals surface area contributed by atoms with Crippen molar-refractivity contribution in [3.8, 4) is 0 Å². The Morgan fingerprint density at radius 1 is 1.33 bits per heavy atom. The van der Waals surface area contributed by atoms with Crippen molar-refractivity contribution in [1.29, 1.82) is 0 Å². The average Bonchev–Trinajstić information content (AvgIpc) is 2.45. The van der Waals surface area contributed by atoms with Crippen molar-refractivity contribution in [2.24, 2.45) is 0 Å². The normalized spacial score (nSPS) is 11.2. The highest BCUT2D eigenvalue weighted by atomic mass is 19.4. The highest BCUT2D eigenvalue weighted by molar-refractivity contribution is 5.75. The van der Waals surface area contributed by atoms with Crippen LogP contribution in [0.4, 0.5) is 19.0 Å². The first-order chi connectivity index (χ1) is 9.91. The minimum Gasteiger partial charge on any atom is -0.366 e. The SMILES string of the molecule is Cc1cc(C=O)cnc1NCc1cnccc1C(F)(F)F. The topological polar surface area (TPSA) is 54.9 Å². The van der Waals surface area contributed by atoms with E-state index >= 15 is 0 Å². The Labute approximate surface area is 119 Å². The Morgan fingerprint density at radius 2 is 2.10 bits per heavy atom. The van der Waals surface area contributed by atoms with Gasteiger partial charge in [0.05, 0.1) is 5.56 Å². The molecule has 110 valence electrons. The Bertz CT molecular complexity index is 656. The van der Waals surface area contributed by atoms with E-state index in [4.69, 9.17) is 0 Å². The van der Waals surface area contributed by atoms with E-state index in [0.717, 1.165) is 12.3 Å².